The molecule has 3 N–H and O–H groups in total. The quantitative estimate of drug-likeness (QED) is 0.613. The number of thiophene rings is 1. The molecular formula is C18H19N3OS3. The number of anilines is 2. The maximum absolute atomic E-state index is 12.1. The molecule has 130 valence electrons. The van der Waals surface area contributed by atoms with E-state index in [0.717, 1.165) is 45.2 Å². The number of thiazole rings is 1. The molecule has 7 heteroatoms. The van der Waals surface area contributed by atoms with Gasteiger partial charge in [-0.05, 0) is 55.2 Å². The number of nitrogens with one attached hydrogen (secondary N) is 1. The number of amides is 1. The summed E-state index contributed by atoms with van der Waals surface area (Å²) in [7, 11) is 0. The van der Waals surface area contributed by atoms with Crippen molar-refractivity contribution in [3.63, 3.8) is 0 Å². The molecule has 0 bridgehead atoms. The minimum atomic E-state index is -0.347. The Hall–Kier alpha value is -1.57. The normalized spacial score (nSPS) is 16.8. The van der Waals surface area contributed by atoms with Gasteiger partial charge in [-0.3, -0.25) is 4.79 Å². The smallest absolute Gasteiger partial charge is 0.251 e. The van der Waals surface area contributed by atoms with Crippen molar-refractivity contribution < 1.29 is 4.79 Å². The molecule has 1 aliphatic carbocycles. The van der Waals surface area contributed by atoms with E-state index < -0.39 is 0 Å². The zero-order valence-electron chi connectivity index (χ0n) is 14.1. The highest BCUT2D eigenvalue weighted by Crippen LogP contribution is 2.41. The van der Waals surface area contributed by atoms with Crippen LogP contribution in [0, 0.1) is 5.92 Å². The first-order valence-electron chi connectivity index (χ1n) is 8.21. The summed E-state index contributed by atoms with van der Waals surface area (Å²) in [5.41, 5.74) is 8.47. The van der Waals surface area contributed by atoms with Gasteiger partial charge in [-0.15, -0.1) is 23.1 Å². The fourth-order valence-electron chi connectivity index (χ4n) is 3.28. The molecular weight excluding hydrogens is 370 g/mol. The first-order valence-corrected chi connectivity index (χ1v) is 11.1. The van der Waals surface area contributed by atoms with Gasteiger partial charge in [0.2, 0.25) is 0 Å². The maximum Gasteiger partial charge on any atom is 0.251 e. The molecule has 4 rings (SSSR count). The third-order valence-corrected chi connectivity index (χ3v) is 7.40. The highest BCUT2D eigenvalue weighted by atomic mass is 32.2. The molecule has 0 spiro atoms. The zero-order chi connectivity index (χ0) is 17.6. The number of carbonyl (C=O) groups is 1. The van der Waals surface area contributed by atoms with Gasteiger partial charge in [0.25, 0.3) is 5.91 Å². The molecule has 2 aromatic heterocycles. The molecule has 0 saturated carbocycles. The van der Waals surface area contributed by atoms with Crippen molar-refractivity contribution in [3.05, 3.63) is 34.2 Å². The third-order valence-electron chi connectivity index (χ3n) is 4.57. The topological polar surface area (TPSA) is 68.0 Å². The Labute approximate surface area is 158 Å². The molecule has 1 atom stereocenters. The lowest BCUT2D eigenvalue weighted by atomic mass is 9.88. The Kier molecular flexibility index (Phi) is 4.47. The number of fused-ring (bicyclic) bond motifs is 2. The van der Waals surface area contributed by atoms with Crippen molar-refractivity contribution in [2.24, 2.45) is 11.7 Å². The van der Waals surface area contributed by atoms with Crippen LogP contribution in [0.5, 0.6) is 0 Å². The average Bonchev–Trinajstić information content (AvgIpc) is 3.13. The molecule has 0 radical (unpaired) electrons. The van der Waals surface area contributed by atoms with Crippen LogP contribution in [0.15, 0.2) is 23.1 Å². The number of thioether (sulfide) groups is 1. The molecule has 1 aliphatic rings. The number of aromatic nitrogens is 1. The van der Waals surface area contributed by atoms with Crippen LogP contribution in [0.3, 0.4) is 0 Å². The Morgan fingerprint density at radius 3 is 3.00 bits per heavy atom. The van der Waals surface area contributed by atoms with Crippen LogP contribution in [0.25, 0.3) is 10.2 Å². The van der Waals surface area contributed by atoms with Crippen molar-refractivity contribution in [3.8, 4) is 0 Å². The first-order chi connectivity index (χ1) is 12.0. The molecule has 0 aliphatic heterocycles. The summed E-state index contributed by atoms with van der Waals surface area (Å²) in [5, 5.41) is 5.02. The fraction of sp³-hybridized carbons (Fsp3) is 0.333. The Morgan fingerprint density at radius 2 is 2.24 bits per heavy atom. The second-order valence-electron chi connectivity index (χ2n) is 6.40. The van der Waals surface area contributed by atoms with Gasteiger partial charge in [-0.25, -0.2) is 4.98 Å². The van der Waals surface area contributed by atoms with Gasteiger partial charge in [0.05, 0.1) is 15.8 Å². The van der Waals surface area contributed by atoms with E-state index in [9.17, 15) is 4.79 Å². The number of hydrogen-bond acceptors (Lipinski definition) is 6. The minimum Gasteiger partial charge on any atom is -0.365 e. The summed E-state index contributed by atoms with van der Waals surface area (Å²) in [6, 6.07) is 6.27. The van der Waals surface area contributed by atoms with Crippen LogP contribution in [-0.2, 0) is 12.8 Å². The van der Waals surface area contributed by atoms with E-state index in [-0.39, 0.29) is 5.91 Å². The lowest BCUT2D eigenvalue weighted by Crippen LogP contribution is -2.17. The predicted octanol–water partition coefficient (Wildman–Crippen LogP) is 5.05. The number of nitrogens with zero attached hydrogens (tertiary/aromatic N) is 1. The van der Waals surface area contributed by atoms with Crippen molar-refractivity contribution in [1.82, 2.24) is 4.98 Å². The van der Waals surface area contributed by atoms with Gasteiger partial charge in [0, 0.05) is 9.77 Å². The number of rotatable bonds is 4. The number of primary amides is 1. The summed E-state index contributed by atoms with van der Waals surface area (Å²) in [5.74, 6) is 0.312. The van der Waals surface area contributed by atoms with E-state index >= 15 is 0 Å². The lowest BCUT2D eigenvalue weighted by Gasteiger charge is -2.18. The molecule has 4 nitrogen and oxygen atoms in total. The van der Waals surface area contributed by atoms with Gasteiger partial charge >= 0.3 is 0 Å². The number of nitrogens with two attached hydrogens (primary N) is 1. The SMILES string of the molecule is CSc1ccc2nc(Nc3sc4c(c3C(N)=O)CCC(C)C4)sc2c1. The standard InChI is InChI=1S/C18H19N3OS3/c1-9-3-5-11-13(7-9)24-17(15(11)16(19)22)21-18-20-12-6-4-10(23-2)8-14(12)25-18/h4,6,8-9H,3,5,7H2,1-2H3,(H2,19,22)(H,20,21). The van der Waals surface area contributed by atoms with Crippen molar-refractivity contribution in [1.29, 1.82) is 0 Å². The van der Waals surface area contributed by atoms with Crippen LogP contribution in [0.1, 0.15) is 34.1 Å². The van der Waals surface area contributed by atoms with E-state index in [4.69, 9.17) is 5.73 Å². The maximum atomic E-state index is 12.1. The van der Waals surface area contributed by atoms with E-state index in [1.807, 2.05) is 6.07 Å². The van der Waals surface area contributed by atoms with Gasteiger partial charge in [0.1, 0.15) is 5.00 Å². The fourth-order valence-corrected chi connectivity index (χ4v) is 6.19. The number of carbonyl (C=O) groups excluding carboxylic acids is 1. The molecule has 1 aromatic carbocycles. The second-order valence-corrected chi connectivity index (χ2v) is 9.41. The van der Waals surface area contributed by atoms with E-state index in [1.54, 1.807) is 34.4 Å². The summed E-state index contributed by atoms with van der Waals surface area (Å²) in [6.07, 6.45) is 5.14. The highest BCUT2D eigenvalue weighted by molar-refractivity contribution is 7.98. The summed E-state index contributed by atoms with van der Waals surface area (Å²) in [6.45, 7) is 2.26. The molecule has 3 aromatic rings. The Bertz CT molecular complexity index is 960. The number of benzene rings is 1. The number of hydrogen-bond donors (Lipinski definition) is 2. The van der Waals surface area contributed by atoms with Crippen LogP contribution >= 0.6 is 34.4 Å². The van der Waals surface area contributed by atoms with E-state index in [2.05, 4.69) is 35.6 Å². The molecule has 2 heterocycles. The highest BCUT2D eigenvalue weighted by Gasteiger charge is 2.26. The molecule has 1 amide bonds. The summed E-state index contributed by atoms with van der Waals surface area (Å²) < 4.78 is 1.14. The van der Waals surface area contributed by atoms with Crippen molar-refractivity contribution >= 4 is 60.7 Å². The van der Waals surface area contributed by atoms with Gasteiger partial charge < -0.3 is 11.1 Å². The van der Waals surface area contributed by atoms with Crippen LogP contribution < -0.4 is 11.1 Å². The van der Waals surface area contributed by atoms with Crippen molar-refractivity contribution in [2.75, 3.05) is 11.6 Å². The lowest BCUT2D eigenvalue weighted by molar-refractivity contribution is 0.1000. The minimum absolute atomic E-state index is 0.347. The van der Waals surface area contributed by atoms with Gasteiger partial charge in [-0.2, -0.15) is 0 Å². The van der Waals surface area contributed by atoms with Gasteiger partial charge in [0.15, 0.2) is 5.13 Å². The van der Waals surface area contributed by atoms with E-state index in [1.165, 1.54) is 9.77 Å². The molecule has 0 saturated heterocycles. The van der Waals surface area contributed by atoms with Crippen LogP contribution in [0.4, 0.5) is 10.1 Å². The predicted molar refractivity (Wildman–Crippen MR) is 109 cm³/mol. The molecule has 0 fully saturated rings. The Morgan fingerprint density at radius 1 is 1.40 bits per heavy atom. The van der Waals surface area contributed by atoms with E-state index in [0.29, 0.717) is 11.5 Å². The van der Waals surface area contributed by atoms with Crippen LogP contribution in [0.2, 0.25) is 0 Å². The largest absolute Gasteiger partial charge is 0.365 e. The second kappa shape index (κ2) is 6.63. The van der Waals surface area contributed by atoms with Gasteiger partial charge in [-0.1, -0.05) is 18.3 Å². The molecule has 1 unspecified atom stereocenters. The first kappa shape index (κ1) is 16.9. The molecule has 25 heavy (non-hydrogen) atoms. The third kappa shape index (κ3) is 3.16. The summed E-state index contributed by atoms with van der Waals surface area (Å²) >= 11 is 4.99. The monoisotopic (exact) mass is 389 g/mol. The average molecular weight is 390 g/mol. The summed E-state index contributed by atoms with van der Waals surface area (Å²) in [4.78, 5) is 19.2. The van der Waals surface area contributed by atoms with Crippen LogP contribution in [-0.4, -0.2) is 17.1 Å². The Balaban J connectivity index is 1.72. The zero-order valence-corrected chi connectivity index (χ0v) is 16.5. The van der Waals surface area contributed by atoms with Crippen molar-refractivity contribution in [2.45, 2.75) is 31.1 Å².